The summed E-state index contributed by atoms with van der Waals surface area (Å²) in [5.41, 5.74) is 1.51. The first kappa shape index (κ1) is 9.21. The molecule has 0 unspecified atom stereocenters. The van der Waals surface area contributed by atoms with E-state index in [4.69, 9.17) is 0 Å². The molecule has 0 atom stereocenters. The van der Waals surface area contributed by atoms with Crippen LogP contribution in [0.15, 0.2) is 22.9 Å². The van der Waals surface area contributed by atoms with Gasteiger partial charge in [0.1, 0.15) is 5.65 Å². The van der Waals surface area contributed by atoms with Crippen LogP contribution in [0.3, 0.4) is 0 Å². The third kappa shape index (κ3) is 1.63. The second-order valence-electron chi connectivity index (χ2n) is 2.93. The maximum atomic E-state index is 10.9. The van der Waals surface area contributed by atoms with Crippen LogP contribution in [0.25, 0.3) is 11.0 Å². The minimum atomic E-state index is -0.0918. The van der Waals surface area contributed by atoms with Crippen molar-refractivity contribution < 1.29 is 4.79 Å². The number of carbonyl (C=O) groups excluding carboxylic acids is 1. The van der Waals surface area contributed by atoms with Crippen molar-refractivity contribution in [3.8, 4) is 0 Å². The number of nitrogens with zero attached hydrogens (tertiary/aromatic N) is 1. The Hall–Kier alpha value is -1.36. The maximum absolute atomic E-state index is 10.9. The van der Waals surface area contributed by atoms with Crippen molar-refractivity contribution in [1.82, 2.24) is 9.97 Å². The van der Waals surface area contributed by atoms with Gasteiger partial charge in [0.15, 0.2) is 0 Å². The first-order chi connectivity index (χ1) is 6.66. The molecule has 2 aromatic heterocycles. The SMILES string of the molecule is CC(=O)Nc1c[nH]c2ncc(Br)cc12. The fourth-order valence-electron chi connectivity index (χ4n) is 1.27. The third-order valence-corrected chi connectivity index (χ3v) is 2.24. The van der Waals surface area contributed by atoms with Crippen LogP contribution in [0.1, 0.15) is 6.92 Å². The maximum Gasteiger partial charge on any atom is 0.221 e. The van der Waals surface area contributed by atoms with E-state index < -0.39 is 0 Å². The van der Waals surface area contributed by atoms with Gasteiger partial charge in [0.2, 0.25) is 5.91 Å². The summed E-state index contributed by atoms with van der Waals surface area (Å²) in [4.78, 5) is 18.0. The van der Waals surface area contributed by atoms with Gasteiger partial charge < -0.3 is 10.3 Å². The number of fused-ring (bicyclic) bond motifs is 1. The van der Waals surface area contributed by atoms with E-state index in [2.05, 4.69) is 31.2 Å². The van der Waals surface area contributed by atoms with Crippen molar-refractivity contribution in [3.63, 3.8) is 0 Å². The average molecular weight is 254 g/mol. The van der Waals surface area contributed by atoms with Crippen LogP contribution in [0.2, 0.25) is 0 Å². The van der Waals surface area contributed by atoms with Gasteiger partial charge in [-0.2, -0.15) is 0 Å². The lowest BCUT2D eigenvalue weighted by atomic mass is 10.3. The summed E-state index contributed by atoms with van der Waals surface area (Å²) in [6, 6.07) is 1.91. The molecule has 5 heteroatoms. The minimum Gasteiger partial charge on any atom is -0.344 e. The molecule has 4 nitrogen and oxygen atoms in total. The van der Waals surface area contributed by atoms with Gasteiger partial charge in [-0.05, 0) is 22.0 Å². The molecule has 0 aliphatic rings. The molecule has 14 heavy (non-hydrogen) atoms. The first-order valence-electron chi connectivity index (χ1n) is 4.07. The number of hydrogen-bond donors (Lipinski definition) is 2. The lowest BCUT2D eigenvalue weighted by molar-refractivity contribution is -0.114. The molecular formula is C9H8BrN3O. The van der Waals surface area contributed by atoms with Crippen molar-refractivity contribution in [2.75, 3.05) is 5.32 Å². The zero-order valence-corrected chi connectivity index (χ0v) is 9.05. The Morgan fingerprint density at radius 3 is 3.14 bits per heavy atom. The lowest BCUT2D eigenvalue weighted by Gasteiger charge is -1.98. The normalized spacial score (nSPS) is 10.4. The van der Waals surface area contributed by atoms with Crippen LogP contribution in [0, 0.1) is 0 Å². The summed E-state index contributed by atoms with van der Waals surface area (Å²) in [6.45, 7) is 1.48. The Labute approximate surface area is 88.9 Å². The third-order valence-electron chi connectivity index (χ3n) is 1.81. The molecule has 1 amide bonds. The smallest absolute Gasteiger partial charge is 0.221 e. The van der Waals surface area contributed by atoms with Gasteiger partial charge in [-0.3, -0.25) is 4.79 Å². The quantitative estimate of drug-likeness (QED) is 0.820. The number of anilines is 1. The number of pyridine rings is 1. The molecule has 0 saturated carbocycles. The Morgan fingerprint density at radius 2 is 2.43 bits per heavy atom. The highest BCUT2D eigenvalue weighted by atomic mass is 79.9. The molecule has 2 heterocycles. The number of carbonyl (C=O) groups is 1. The van der Waals surface area contributed by atoms with Gasteiger partial charge in [0.05, 0.1) is 5.69 Å². The van der Waals surface area contributed by atoms with Gasteiger partial charge in [0.25, 0.3) is 0 Å². The molecule has 2 aromatic rings. The van der Waals surface area contributed by atoms with Gasteiger partial charge in [-0.25, -0.2) is 4.98 Å². The Balaban J connectivity index is 2.55. The number of H-pyrrole nitrogens is 1. The molecule has 2 rings (SSSR count). The van der Waals surface area contributed by atoms with Crippen LogP contribution in [-0.2, 0) is 4.79 Å². The fraction of sp³-hybridized carbons (Fsp3) is 0.111. The number of aromatic nitrogens is 2. The minimum absolute atomic E-state index is 0.0918. The first-order valence-corrected chi connectivity index (χ1v) is 4.86. The Morgan fingerprint density at radius 1 is 1.64 bits per heavy atom. The molecule has 0 radical (unpaired) electrons. The van der Waals surface area contributed by atoms with Crippen LogP contribution in [0.4, 0.5) is 5.69 Å². The molecule has 0 bridgehead atoms. The van der Waals surface area contributed by atoms with Gasteiger partial charge >= 0.3 is 0 Å². The molecule has 0 aliphatic carbocycles. The molecule has 0 saturated heterocycles. The highest BCUT2D eigenvalue weighted by Crippen LogP contribution is 2.24. The van der Waals surface area contributed by atoms with Gasteiger partial charge in [0, 0.05) is 29.2 Å². The number of nitrogens with one attached hydrogen (secondary N) is 2. The number of hydrogen-bond acceptors (Lipinski definition) is 2. The highest BCUT2D eigenvalue weighted by molar-refractivity contribution is 9.10. The van der Waals surface area contributed by atoms with Crippen molar-refractivity contribution in [2.45, 2.75) is 6.92 Å². The van der Waals surface area contributed by atoms with Crippen LogP contribution in [-0.4, -0.2) is 15.9 Å². The van der Waals surface area contributed by atoms with Crippen molar-refractivity contribution in [3.05, 3.63) is 22.9 Å². The van der Waals surface area contributed by atoms with E-state index in [1.807, 2.05) is 6.07 Å². The van der Waals surface area contributed by atoms with Crippen molar-refractivity contribution in [2.24, 2.45) is 0 Å². The standard InChI is InChI=1S/C9H8BrN3O/c1-5(14)13-8-4-12-9-7(8)2-6(10)3-11-9/h2-4H,1H3,(H,11,12)(H,13,14). The van der Waals surface area contributed by atoms with E-state index in [0.717, 1.165) is 21.2 Å². The highest BCUT2D eigenvalue weighted by Gasteiger charge is 2.05. The summed E-state index contributed by atoms with van der Waals surface area (Å²) in [7, 11) is 0. The van der Waals surface area contributed by atoms with E-state index in [-0.39, 0.29) is 5.91 Å². The van der Waals surface area contributed by atoms with Crippen molar-refractivity contribution >= 4 is 38.6 Å². The summed E-state index contributed by atoms with van der Waals surface area (Å²) < 4.78 is 0.885. The summed E-state index contributed by atoms with van der Waals surface area (Å²) in [6.07, 6.45) is 3.43. The molecule has 0 fully saturated rings. The molecule has 0 aromatic carbocycles. The lowest BCUT2D eigenvalue weighted by Crippen LogP contribution is -2.04. The number of rotatable bonds is 1. The van der Waals surface area contributed by atoms with Gasteiger partial charge in [-0.1, -0.05) is 0 Å². The van der Waals surface area contributed by atoms with E-state index in [9.17, 15) is 4.79 Å². The zero-order chi connectivity index (χ0) is 10.1. The molecule has 2 N–H and O–H groups in total. The largest absolute Gasteiger partial charge is 0.344 e. The van der Waals surface area contributed by atoms with E-state index in [0.29, 0.717) is 0 Å². The molecule has 72 valence electrons. The predicted octanol–water partition coefficient (Wildman–Crippen LogP) is 2.28. The Kier molecular flexibility index (Phi) is 2.25. The molecule has 0 aliphatic heterocycles. The van der Waals surface area contributed by atoms with Crippen LogP contribution in [0.5, 0.6) is 0 Å². The fourth-order valence-corrected chi connectivity index (χ4v) is 1.60. The summed E-state index contributed by atoms with van der Waals surface area (Å²) in [5.74, 6) is -0.0918. The van der Waals surface area contributed by atoms with E-state index >= 15 is 0 Å². The summed E-state index contributed by atoms with van der Waals surface area (Å²) >= 11 is 3.33. The number of aromatic amines is 1. The second kappa shape index (κ2) is 3.42. The van der Waals surface area contributed by atoms with E-state index in [1.165, 1.54) is 6.92 Å². The number of halogens is 1. The zero-order valence-electron chi connectivity index (χ0n) is 7.47. The Bertz CT molecular complexity index is 492. The van der Waals surface area contributed by atoms with Crippen LogP contribution >= 0.6 is 15.9 Å². The topological polar surface area (TPSA) is 57.8 Å². The van der Waals surface area contributed by atoms with Crippen molar-refractivity contribution in [1.29, 1.82) is 0 Å². The molecule has 0 spiro atoms. The second-order valence-corrected chi connectivity index (χ2v) is 3.85. The predicted molar refractivity (Wildman–Crippen MR) is 58.1 cm³/mol. The molecular weight excluding hydrogens is 246 g/mol. The van der Waals surface area contributed by atoms with Crippen LogP contribution < -0.4 is 5.32 Å². The monoisotopic (exact) mass is 253 g/mol. The summed E-state index contributed by atoms with van der Waals surface area (Å²) in [5, 5.41) is 3.62. The van der Waals surface area contributed by atoms with Gasteiger partial charge in [-0.15, -0.1) is 0 Å². The number of amides is 1. The van der Waals surface area contributed by atoms with E-state index in [1.54, 1.807) is 12.4 Å². The average Bonchev–Trinajstić information content (AvgIpc) is 2.47.